The molecule has 0 aliphatic heterocycles. The Hall–Kier alpha value is -2.68. The van der Waals surface area contributed by atoms with Crippen molar-refractivity contribution in [1.82, 2.24) is 0 Å². The zero-order valence-electron chi connectivity index (χ0n) is 12.6. The number of fused-ring (bicyclic) bond motifs is 8. The Balaban J connectivity index is 2.13. The van der Waals surface area contributed by atoms with Crippen molar-refractivity contribution >= 4 is 21.5 Å². The first kappa shape index (κ1) is 12.8. The van der Waals surface area contributed by atoms with E-state index in [9.17, 15) is 0 Å². The van der Waals surface area contributed by atoms with Crippen molar-refractivity contribution in [2.75, 3.05) is 0 Å². The molecule has 0 aromatic heterocycles. The van der Waals surface area contributed by atoms with Crippen LogP contribution in [0.4, 0.5) is 0 Å². The molecule has 0 amide bonds. The minimum Gasteiger partial charge on any atom is -0.306 e. The average Bonchev–Trinajstić information content (AvgIpc) is 2.84. The topological polar surface area (TPSA) is 52.0 Å². The zero-order chi connectivity index (χ0) is 15.6. The molecule has 2 nitrogen and oxygen atoms in total. The summed E-state index contributed by atoms with van der Waals surface area (Å²) in [4.78, 5) is 0. The number of benzene rings is 4. The number of rotatable bonds is 0. The summed E-state index contributed by atoms with van der Waals surface area (Å²) in [5.74, 6) is 0. The Morgan fingerprint density at radius 1 is 0.565 bits per heavy atom. The van der Waals surface area contributed by atoms with Gasteiger partial charge in [-0.25, -0.2) is 0 Å². The summed E-state index contributed by atoms with van der Waals surface area (Å²) in [6.07, 6.45) is 0. The predicted molar refractivity (Wildman–Crippen MR) is 96.0 cm³/mol. The highest BCUT2D eigenvalue weighted by atomic mass is 15.0. The van der Waals surface area contributed by atoms with Gasteiger partial charge in [0.1, 0.15) is 5.66 Å². The highest BCUT2D eigenvalue weighted by Gasteiger charge is 2.39. The van der Waals surface area contributed by atoms with E-state index in [-0.39, 0.29) is 0 Å². The van der Waals surface area contributed by atoms with Crippen molar-refractivity contribution in [2.45, 2.75) is 5.66 Å². The molecule has 5 rings (SSSR count). The normalized spacial score (nSPS) is 14.9. The van der Waals surface area contributed by atoms with Crippen LogP contribution in [0.3, 0.4) is 0 Å². The van der Waals surface area contributed by atoms with Crippen LogP contribution >= 0.6 is 0 Å². The zero-order valence-corrected chi connectivity index (χ0v) is 12.6. The summed E-state index contributed by atoms with van der Waals surface area (Å²) < 4.78 is 0. The summed E-state index contributed by atoms with van der Waals surface area (Å²) in [6.45, 7) is 0. The van der Waals surface area contributed by atoms with Gasteiger partial charge in [-0.3, -0.25) is 0 Å². The van der Waals surface area contributed by atoms with Gasteiger partial charge in [-0.2, -0.15) is 0 Å². The third kappa shape index (κ3) is 1.49. The maximum atomic E-state index is 6.64. The Labute approximate surface area is 134 Å². The molecule has 4 aromatic carbocycles. The van der Waals surface area contributed by atoms with E-state index in [4.69, 9.17) is 11.5 Å². The Bertz CT molecular complexity index is 1090. The number of hydrogen-bond donors (Lipinski definition) is 2. The van der Waals surface area contributed by atoms with Gasteiger partial charge in [0.15, 0.2) is 0 Å². The SMILES string of the molecule is NC1(N)c2ccccc2-c2c1c1ccccc1c1ccccc21. The van der Waals surface area contributed by atoms with E-state index < -0.39 is 5.66 Å². The lowest BCUT2D eigenvalue weighted by molar-refractivity contribution is 0.589. The van der Waals surface area contributed by atoms with Gasteiger partial charge >= 0.3 is 0 Å². The van der Waals surface area contributed by atoms with Crippen molar-refractivity contribution in [3.05, 3.63) is 83.9 Å². The van der Waals surface area contributed by atoms with Crippen LogP contribution in [0.2, 0.25) is 0 Å². The van der Waals surface area contributed by atoms with Gasteiger partial charge in [-0.15, -0.1) is 0 Å². The molecule has 2 heteroatoms. The second kappa shape index (κ2) is 4.19. The van der Waals surface area contributed by atoms with Crippen LogP contribution in [-0.4, -0.2) is 0 Å². The summed E-state index contributed by atoms with van der Waals surface area (Å²) in [5, 5.41) is 4.80. The van der Waals surface area contributed by atoms with Crippen LogP contribution in [0.25, 0.3) is 32.7 Å². The lowest BCUT2D eigenvalue weighted by Crippen LogP contribution is -2.45. The molecule has 23 heavy (non-hydrogen) atoms. The van der Waals surface area contributed by atoms with E-state index in [0.717, 1.165) is 22.1 Å². The standard InChI is InChI=1S/C21H16N2/c22-21(23)18-12-6-5-11-17(18)19-15-9-3-1-7-13(15)14-8-2-4-10-16(14)20(19)21/h1-12H,22-23H2. The first-order chi connectivity index (χ1) is 11.2. The third-order valence-electron chi connectivity index (χ3n) is 4.99. The van der Waals surface area contributed by atoms with Crippen molar-refractivity contribution in [3.63, 3.8) is 0 Å². The molecular weight excluding hydrogens is 280 g/mol. The number of hydrogen-bond acceptors (Lipinski definition) is 2. The van der Waals surface area contributed by atoms with Gasteiger partial charge in [0.05, 0.1) is 0 Å². The fourth-order valence-electron chi connectivity index (χ4n) is 4.05. The molecule has 0 radical (unpaired) electrons. The minimum atomic E-state index is -0.963. The van der Waals surface area contributed by atoms with Crippen LogP contribution in [0.5, 0.6) is 0 Å². The largest absolute Gasteiger partial charge is 0.306 e. The molecule has 0 saturated heterocycles. The predicted octanol–water partition coefficient (Wildman–Crippen LogP) is 4.09. The number of nitrogens with two attached hydrogens (primary N) is 2. The molecule has 0 heterocycles. The third-order valence-corrected chi connectivity index (χ3v) is 4.99. The van der Waals surface area contributed by atoms with Gasteiger partial charge in [0, 0.05) is 5.56 Å². The molecule has 1 aliphatic rings. The molecule has 1 aliphatic carbocycles. The smallest absolute Gasteiger partial charge is 0.118 e. The van der Waals surface area contributed by atoms with Gasteiger partial charge in [-0.05, 0) is 38.2 Å². The van der Waals surface area contributed by atoms with E-state index in [1.165, 1.54) is 21.7 Å². The van der Waals surface area contributed by atoms with E-state index in [2.05, 4.69) is 54.6 Å². The van der Waals surface area contributed by atoms with Crippen molar-refractivity contribution in [2.24, 2.45) is 11.5 Å². The van der Waals surface area contributed by atoms with Crippen LogP contribution in [-0.2, 0) is 5.66 Å². The molecule has 0 bridgehead atoms. The molecule has 4 aromatic rings. The van der Waals surface area contributed by atoms with Crippen LogP contribution in [0.1, 0.15) is 11.1 Å². The van der Waals surface area contributed by atoms with Crippen LogP contribution < -0.4 is 11.5 Å². The molecule has 0 atom stereocenters. The van der Waals surface area contributed by atoms with E-state index in [0.29, 0.717) is 0 Å². The van der Waals surface area contributed by atoms with Crippen molar-refractivity contribution < 1.29 is 0 Å². The molecule has 0 spiro atoms. The highest BCUT2D eigenvalue weighted by Crippen LogP contribution is 2.50. The molecular formula is C21H16N2. The fraction of sp³-hybridized carbons (Fsp3) is 0.0476. The minimum absolute atomic E-state index is 0.963. The maximum Gasteiger partial charge on any atom is 0.118 e. The van der Waals surface area contributed by atoms with E-state index in [1.54, 1.807) is 0 Å². The lowest BCUT2D eigenvalue weighted by Gasteiger charge is -2.23. The first-order valence-corrected chi connectivity index (χ1v) is 7.81. The highest BCUT2D eigenvalue weighted by molar-refractivity contribution is 6.18. The van der Waals surface area contributed by atoms with Crippen molar-refractivity contribution in [3.8, 4) is 11.1 Å². The summed E-state index contributed by atoms with van der Waals surface area (Å²) in [6, 6.07) is 25.1. The van der Waals surface area contributed by atoms with Gasteiger partial charge in [-0.1, -0.05) is 72.8 Å². The van der Waals surface area contributed by atoms with Gasteiger partial charge < -0.3 is 11.5 Å². The maximum absolute atomic E-state index is 6.64. The second-order valence-electron chi connectivity index (χ2n) is 6.26. The van der Waals surface area contributed by atoms with Crippen molar-refractivity contribution in [1.29, 1.82) is 0 Å². The summed E-state index contributed by atoms with van der Waals surface area (Å²) in [7, 11) is 0. The molecule has 0 fully saturated rings. The van der Waals surface area contributed by atoms with Gasteiger partial charge in [0.2, 0.25) is 0 Å². The monoisotopic (exact) mass is 296 g/mol. The molecule has 0 unspecified atom stereocenters. The molecule has 110 valence electrons. The Morgan fingerprint density at radius 3 is 1.83 bits per heavy atom. The van der Waals surface area contributed by atoms with Crippen LogP contribution in [0.15, 0.2) is 72.8 Å². The van der Waals surface area contributed by atoms with Gasteiger partial charge in [0.25, 0.3) is 0 Å². The average molecular weight is 296 g/mol. The quantitative estimate of drug-likeness (QED) is 0.379. The molecule has 4 N–H and O–H groups in total. The Kier molecular flexibility index (Phi) is 2.34. The first-order valence-electron chi connectivity index (χ1n) is 7.81. The summed E-state index contributed by atoms with van der Waals surface area (Å²) in [5.41, 5.74) is 16.7. The second-order valence-corrected chi connectivity index (χ2v) is 6.26. The van der Waals surface area contributed by atoms with Crippen LogP contribution in [0, 0.1) is 0 Å². The summed E-state index contributed by atoms with van der Waals surface area (Å²) >= 11 is 0. The molecule has 0 saturated carbocycles. The fourth-order valence-corrected chi connectivity index (χ4v) is 4.05. The Morgan fingerprint density at radius 2 is 1.09 bits per heavy atom. The van der Waals surface area contributed by atoms with E-state index in [1.807, 2.05) is 18.2 Å². The van der Waals surface area contributed by atoms with E-state index >= 15 is 0 Å². The lowest BCUT2D eigenvalue weighted by atomic mass is 9.89.